The van der Waals surface area contributed by atoms with Gasteiger partial charge in [0.25, 0.3) is 0 Å². The summed E-state index contributed by atoms with van der Waals surface area (Å²) in [7, 11) is 0. The largest absolute Gasteiger partial charge is 0.350 e. The molecule has 1 saturated carbocycles. The molecule has 1 aliphatic heterocycles. The summed E-state index contributed by atoms with van der Waals surface area (Å²) in [5.41, 5.74) is 2.28. The second-order valence-electron chi connectivity index (χ2n) is 5.56. The van der Waals surface area contributed by atoms with Gasteiger partial charge in [-0.2, -0.15) is 0 Å². The van der Waals surface area contributed by atoms with Gasteiger partial charge in [0.15, 0.2) is 0 Å². The predicted molar refractivity (Wildman–Crippen MR) is 67.8 cm³/mol. The monoisotopic (exact) mass is 248 g/mol. The molecular weight excluding hydrogens is 228 g/mol. The molecular formula is C13H20N4O. The van der Waals surface area contributed by atoms with E-state index < -0.39 is 0 Å². The first kappa shape index (κ1) is 11.7. The Morgan fingerprint density at radius 1 is 1.56 bits per heavy atom. The van der Waals surface area contributed by atoms with Crippen LogP contribution in [0.4, 0.5) is 0 Å². The van der Waals surface area contributed by atoms with Crippen molar-refractivity contribution in [2.24, 2.45) is 11.3 Å². The lowest BCUT2D eigenvalue weighted by atomic mass is 9.92. The number of piperidine rings is 1. The lowest BCUT2D eigenvalue weighted by Crippen LogP contribution is -2.33. The number of hydrogen-bond acceptors (Lipinski definition) is 3. The molecule has 18 heavy (non-hydrogen) atoms. The zero-order chi connectivity index (χ0) is 12.6. The van der Waals surface area contributed by atoms with Gasteiger partial charge < -0.3 is 15.6 Å². The average molecular weight is 248 g/mol. The van der Waals surface area contributed by atoms with Gasteiger partial charge in [-0.15, -0.1) is 0 Å². The van der Waals surface area contributed by atoms with Crippen molar-refractivity contribution in [2.75, 3.05) is 13.1 Å². The fourth-order valence-corrected chi connectivity index (χ4v) is 3.06. The van der Waals surface area contributed by atoms with Crippen LogP contribution in [0.3, 0.4) is 0 Å². The van der Waals surface area contributed by atoms with Crippen molar-refractivity contribution in [3.8, 4) is 0 Å². The molecule has 1 aromatic rings. The predicted octanol–water partition coefficient (Wildman–Crippen LogP) is 0.724. The maximum atomic E-state index is 12.1. The van der Waals surface area contributed by atoms with Crippen LogP contribution in [0.15, 0.2) is 6.33 Å². The topological polar surface area (TPSA) is 69.8 Å². The molecule has 1 saturated heterocycles. The molecule has 0 aromatic carbocycles. The van der Waals surface area contributed by atoms with E-state index >= 15 is 0 Å². The Morgan fingerprint density at radius 3 is 3.00 bits per heavy atom. The number of hydrogen-bond donors (Lipinski definition) is 3. The number of amides is 1. The van der Waals surface area contributed by atoms with Crippen molar-refractivity contribution >= 4 is 5.91 Å². The first-order valence-corrected chi connectivity index (χ1v) is 6.69. The Morgan fingerprint density at radius 2 is 2.33 bits per heavy atom. The fraction of sp³-hybridized carbons (Fsp3) is 0.692. The number of aromatic amines is 1. The number of carbonyl (C=O) groups is 1. The van der Waals surface area contributed by atoms with Crippen molar-refractivity contribution in [3.05, 3.63) is 17.7 Å². The molecule has 1 spiro atoms. The zero-order valence-corrected chi connectivity index (χ0v) is 10.8. The normalized spacial score (nSPS) is 25.1. The van der Waals surface area contributed by atoms with E-state index in [4.69, 9.17) is 0 Å². The molecule has 1 unspecified atom stereocenters. The molecule has 2 aliphatic rings. The molecule has 0 bridgehead atoms. The Hall–Kier alpha value is -1.36. The smallest absolute Gasteiger partial charge is 0.224 e. The fourth-order valence-electron chi connectivity index (χ4n) is 3.06. The number of H-pyrrole nitrogens is 1. The van der Waals surface area contributed by atoms with Crippen LogP contribution in [0.2, 0.25) is 0 Å². The maximum Gasteiger partial charge on any atom is 0.224 e. The molecule has 3 N–H and O–H groups in total. The van der Waals surface area contributed by atoms with Crippen LogP contribution in [-0.2, 0) is 11.3 Å². The molecule has 5 heteroatoms. The molecule has 0 radical (unpaired) electrons. The number of carbonyl (C=O) groups excluding carboxylic acids is 1. The second kappa shape index (κ2) is 4.39. The van der Waals surface area contributed by atoms with E-state index in [1.54, 1.807) is 6.33 Å². The van der Waals surface area contributed by atoms with Crippen molar-refractivity contribution < 1.29 is 4.79 Å². The SMILES string of the molecule is Cc1[nH]cnc1CNC(=O)C1CC12CCNCC2. The molecule has 1 aliphatic carbocycles. The summed E-state index contributed by atoms with van der Waals surface area (Å²) in [5.74, 6) is 0.443. The van der Waals surface area contributed by atoms with Crippen molar-refractivity contribution in [3.63, 3.8) is 0 Å². The summed E-state index contributed by atoms with van der Waals surface area (Å²) in [5, 5.41) is 6.37. The van der Waals surface area contributed by atoms with Gasteiger partial charge in [0.05, 0.1) is 18.6 Å². The minimum absolute atomic E-state index is 0.208. The van der Waals surface area contributed by atoms with E-state index in [9.17, 15) is 4.79 Å². The first-order valence-electron chi connectivity index (χ1n) is 6.69. The van der Waals surface area contributed by atoms with Gasteiger partial charge in [-0.25, -0.2) is 4.98 Å². The van der Waals surface area contributed by atoms with Gasteiger partial charge in [0.1, 0.15) is 0 Å². The highest BCUT2D eigenvalue weighted by Gasteiger charge is 2.57. The summed E-state index contributed by atoms with van der Waals surface area (Å²) in [6.07, 6.45) is 5.03. The van der Waals surface area contributed by atoms with Crippen molar-refractivity contribution in [1.29, 1.82) is 0 Å². The second-order valence-corrected chi connectivity index (χ2v) is 5.56. The highest BCUT2D eigenvalue weighted by Crippen LogP contribution is 2.58. The summed E-state index contributed by atoms with van der Waals surface area (Å²) < 4.78 is 0. The van der Waals surface area contributed by atoms with E-state index in [1.807, 2.05) is 6.92 Å². The third kappa shape index (κ3) is 2.03. The average Bonchev–Trinajstić information content (AvgIpc) is 2.90. The molecule has 5 nitrogen and oxygen atoms in total. The summed E-state index contributed by atoms with van der Waals surface area (Å²) in [6.45, 7) is 4.63. The molecule has 2 heterocycles. The van der Waals surface area contributed by atoms with Crippen LogP contribution in [0.5, 0.6) is 0 Å². The Balaban J connectivity index is 1.53. The van der Waals surface area contributed by atoms with E-state index in [0.29, 0.717) is 12.0 Å². The maximum absolute atomic E-state index is 12.1. The van der Waals surface area contributed by atoms with Crippen LogP contribution in [-0.4, -0.2) is 29.0 Å². The number of aryl methyl sites for hydroxylation is 1. The molecule has 98 valence electrons. The van der Waals surface area contributed by atoms with Crippen LogP contribution in [0, 0.1) is 18.3 Å². The Bertz CT molecular complexity index is 448. The van der Waals surface area contributed by atoms with Gasteiger partial charge in [-0.05, 0) is 44.7 Å². The van der Waals surface area contributed by atoms with Gasteiger partial charge >= 0.3 is 0 Å². The van der Waals surface area contributed by atoms with Gasteiger partial charge in [-0.1, -0.05) is 0 Å². The number of rotatable bonds is 3. The molecule has 2 fully saturated rings. The minimum Gasteiger partial charge on any atom is -0.350 e. The lowest BCUT2D eigenvalue weighted by molar-refractivity contribution is -0.123. The van der Waals surface area contributed by atoms with Gasteiger partial charge in [0, 0.05) is 11.6 Å². The molecule has 1 atom stereocenters. The van der Waals surface area contributed by atoms with Gasteiger partial charge in [-0.3, -0.25) is 4.79 Å². The number of imidazole rings is 1. The van der Waals surface area contributed by atoms with E-state index in [0.717, 1.165) is 43.7 Å². The zero-order valence-electron chi connectivity index (χ0n) is 10.8. The van der Waals surface area contributed by atoms with Crippen LogP contribution >= 0.6 is 0 Å². The number of nitrogens with zero attached hydrogens (tertiary/aromatic N) is 1. The lowest BCUT2D eigenvalue weighted by Gasteiger charge is -2.23. The van der Waals surface area contributed by atoms with E-state index in [1.165, 1.54) is 0 Å². The van der Waals surface area contributed by atoms with E-state index in [-0.39, 0.29) is 11.8 Å². The molecule has 3 rings (SSSR count). The Kier molecular flexibility index (Phi) is 2.86. The van der Waals surface area contributed by atoms with E-state index in [2.05, 4.69) is 20.6 Å². The van der Waals surface area contributed by atoms with Crippen molar-refractivity contribution in [2.45, 2.75) is 32.7 Å². The van der Waals surface area contributed by atoms with Crippen LogP contribution in [0.25, 0.3) is 0 Å². The summed E-state index contributed by atoms with van der Waals surface area (Å²) in [6, 6.07) is 0. The third-order valence-corrected chi connectivity index (χ3v) is 4.47. The summed E-state index contributed by atoms with van der Waals surface area (Å²) in [4.78, 5) is 19.3. The third-order valence-electron chi connectivity index (χ3n) is 4.47. The Labute approximate surface area is 107 Å². The summed E-state index contributed by atoms with van der Waals surface area (Å²) >= 11 is 0. The highest BCUT2D eigenvalue weighted by molar-refractivity contribution is 5.82. The van der Waals surface area contributed by atoms with Crippen LogP contribution in [0.1, 0.15) is 30.7 Å². The standard InChI is InChI=1S/C13H20N4O/c1-9-11(17-8-16-9)7-15-12(18)10-6-13(10)2-4-14-5-3-13/h8,10,14H,2-7H2,1H3,(H,15,18)(H,16,17). The molecule has 1 aromatic heterocycles. The minimum atomic E-state index is 0.208. The quantitative estimate of drug-likeness (QED) is 0.738. The van der Waals surface area contributed by atoms with Crippen LogP contribution < -0.4 is 10.6 Å². The first-order chi connectivity index (χ1) is 8.71. The highest BCUT2D eigenvalue weighted by atomic mass is 16.2. The van der Waals surface area contributed by atoms with Gasteiger partial charge in [0.2, 0.25) is 5.91 Å². The number of aromatic nitrogens is 2. The molecule has 1 amide bonds. The van der Waals surface area contributed by atoms with Crippen molar-refractivity contribution in [1.82, 2.24) is 20.6 Å². The number of nitrogens with one attached hydrogen (secondary N) is 3.